The maximum atomic E-state index is 13.5. The van der Waals surface area contributed by atoms with Gasteiger partial charge in [0.05, 0.1) is 26.6 Å². The summed E-state index contributed by atoms with van der Waals surface area (Å²) in [6.07, 6.45) is 0. The van der Waals surface area contributed by atoms with Gasteiger partial charge in [-0.25, -0.2) is 4.39 Å². The van der Waals surface area contributed by atoms with Crippen molar-refractivity contribution in [2.24, 2.45) is 0 Å². The molecule has 0 amide bonds. The Hall–Kier alpha value is -1.26. The summed E-state index contributed by atoms with van der Waals surface area (Å²) in [6, 6.07) is 8.41. The zero-order chi connectivity index (χ0) is 13.3. The van der Waals surface area contributed by atoms with Crippen LogP contribution in [-0.4, -0.2) is 0 Å². The van der Waals surface area contributed by atoms with Crippen molar-refractivity contribution in [2.45, 2.75) is 6.92 Å². The van der Waals surface area contributed by atoms with Crippen LogP contribution in [0.5, 0.6) is 0 Å². The molecule has 2 rings (SSSR count). The Morgan fingerprint density at radius 1 is 1.22 bits per heavy atom. The molecular formula is C13H11BrClFN2. The van der Waals surface area contributed by atoms with Crippen molar-refractivity contribution >= 4 is 44.6 Å². The van der Waals surface area contributed by atoms with Gasteiger partial charge in [-0.05, 0) is 46.6 Å². The smallest absolute Gasteiger partial charge is 0.139 e. The van der Waals surface area contributed by atoms with E-state index in [2.05, 4.69) is 21.2 Å². The number of nitrogens with one attached hydrogen (secondary N) is 1. The lowest BCUT2D eigenvalue weighted by Gasteiger charge is -2.12. The van der Waals surface area contributed by atoms with E-state index in [4.69, 9.17) is 17.3 Å². The van der Waals surface area contributed by atoms with Gasteiger partial charge in [-0.15, -0.1) is 0 Å². The molecule has 18 heavy (non-hydrogen) atoms. The van der Waals surface area contributed by atoms with Gasteiger partial charge in [-0.3, -0.25) is 0 Å². The second-order valence-corrected chi connectivity index (χ2v) is 5.22. The molecule has 0 aliphatic rings. The van der Waals surface area contributed by atoms with Crippen LogP contribution < -0.4 is 11.1 Å². The first-order valence-corrected chi connectivity index (χ1v) is 6.42. The number of hydrogen-bond donors (Lipinski definition) is 2. The molecule has 0 saturated carbocycles. The summed E-state index contributed by atoms with van der Waals surface area (Å²) in [5.74, 6) is -0.379. The Bertz CT molecular complexity index is 602. The first-order valence-electron chi connectivity index (χ1n) is 5.25. The Labute approximate surface area is 118 Å². The molecule has 0 aliphatic heterocycles. The van der Waals surface area contributed by atoms with Crippen LogP contribution in [0.1, 0.15) is 5.56 Å². The van der Waals surface area contributed by atoms with E-state index in [1.807, 2.05) is 19.1 Å². The predicted molar refractivity (Wildman–Crippen MR) is 78.0 cm³/mol. The minimum Gasteiger partial charge on any atom is -0.397 e. The standard InChI is InChI=1S/C13H11BrClFN2/c1-7-2-3-9(15)12(4-7)18-13-6-10(16)8(14)5-11(13)17/h2-6,18H,17H2,1H3. The molecule has 0 saturated heterocycles. The molecule has 0 aromatic heterocycles. The number of nitrogens with two attached hydrogens (primary N) is 1. The summed E-state index contributed by atoms with van der Waals surface area (Å²) in [5, 5.41) is 3.59. The molecule has 2 aromatic rings. The fourth-order valence-electron chi connectivity index (χ4n) is 1.55. The van der Waals surface area contributed by atoms with Gasteiger partial charge in [-0.1, -0.05) is 17.7 Å². The van der Waals surface area contributed by atoms with Crippen LogP contribution >= 0.6 is 27.5 Å². The van der Waals surface area contributed by atoms with Crippen molar-refractivity contribution in [3.8, 4) is 0 Å². The average molecular weight is 330 g/mol. The van der Waals surface area contributed by atoms with E-state index < -0.39 is 0 Å². The van der Waals surface area contributed by atoms with Crippen LogP contribution in [0.25, 0.3) is 0 Å². The van der Waals surface area contributed by atoms with Crippen molar-refractivity contribution in [2.75, 3.05) is 11.1 Å². The van der Waals surface area contributed by atoms with Crippen LogP contribution in [0.2, 0.25) is 5.02 Å². The number of hydrogen-bond acceptors (Lipinski definition) is 2. The van der Waals surface area contributed by atoms with Gasteiger partial charge in [0.15, 0.2) is 0 Å². The molecule has 0 radical (unpaired) electrons. The van der Waals surface area contributed by atoms with Crippen LogP contribution in [-0.2, 0) is 0 Å². The number of nitrogen functional groups attached to an aromatic ring is 1. The van der Waals surface area contributed by atoms with Gasteiger partial charge < -0.3 is 11.1 Å². The second kappa shape index (κ2) is 5.16. The number of rotatable bonds is 2. The number of aryl methyl sites for hydroxylation is 1. The molecule has 2 nitrogen and oxygen atoms in total. The Morgan fingerprint density at radius 2 is 1.94 bits per heavy atom. The largest absolute Gasteiger partial charge is 0.397 e. The van der Waals surface area contributed by atoms with Crippen LogP contribution in [0, 0.1) is 12.7 Å². The van der Waals surface area contributed by atoms with Crippen molar-refractivity contribution in [1.82, 2.24) is 0 Å². The maximum Gasteiger partial charge on any atom is 0.139 e. The third-order valence-corrected chi connectivity index (χ3v) is 3.42. The lowest BCUT2D eigenvalue weighted by atomic mass is 10.2. The van der Waals surface area contributed by atoms with Gasteiger partial charge in [0.1, 0.15) is 5.82 Å². The molecule has 0 atom stereocenters. The van der Waals surface area contributed by atoms with Gasteiger partial charge in [0.2, 0.25) is 0 Å². The van der Waals surface area contributed by atoms with Crippen LogP contribution in [0.15, 0.2) is 34.8 Å². The zero-order valence-electron chi connectivity index (χ0n) is 9.60. The molecule has 0 aliphatic carbocycles. The summed E-state index contributed by atoms with van der Waals surface area (Å²) >= 11 is 9.15. The third kappa shape index (κ3) is 2.76. The van der Waals surface area contributed by atoms with Gasteiger partial charge in [0, 0.05) is 6.07 Å². The lowest BCUT2D eigenvalue weighted by Crippen LogP contribution is -1.98. The summed E-state index contributed by atoms with van der Waals surface area (Å²) < 4.78 is 13.8. The quantitative estimate of drug-likeness (QED) is 0.771. The molecule has 0 unspecified atom stereocenters. The Balaban J connectivity index is 2.40. The molecule has 0 heterocycles. The molecular weight excluding hydrogens is 319 g/mol. The number of benzene rings is 2. The lowest BCUT2D eigenvalue weighted by molar-refractivity contribution is 0.622. The molecule has 94 valence electrons. The van der Waals surface area contributed by atoms with Crippen molar-refractivity contribution in [3.05, 3.63) is 51.2 Å². The Morgan fingerprint density at radius 3 is 2.67 bits per heavy atom. The van der Waals surface area contributed by atoms with E-state index in [0.29, 0.717) is 26.6 Å². The number of anilines is 3. The first-order chi connectivity index (χ1) is 8.47. The van der Waals surface area contributed by atoms with E-state index in [1.54, 1.807) is 6.07 Å². The zero-order valence-corrected chi connectivity index (χ0v) is 11.9. The second-order valence-electron chi connectivity index (χ2n) is 3.96. The van der Waals surface area contributed by atoms with E-state index >= 15 is 0 Å². The molecule has 3 N–H and O–H groups in total. The molecule has 0 fully saturated rings. The fourth-order valence-corrected chi connectivity index (χ4v) is 2.08. The highest BCUT2D eigenvalue weighted by atomic mass is 79.9. The molecule has 2 aromatic carbocycles. The number of halogens is 3. The minimum atomic E-state index is -0.379. The molecule has 5 heteroatoms. The van der Waals surface area contributed by atoms with E-state index in [9.17, 15) is 4.39 Å². The average Bonchev–Trinajstić information content (AvgIpc) is 2.30. The topological polar surface area (TPSA) is 38.0 Å². The monoisotopic (exact) mass is 328 g/mol. The van der Waals surface area contributed by atoms with Crippen LogP contribution in [0.3, 0.4) is 0 Å². The summed E-state index contributed by atoms with van der Waals surface area (Å²) in [4.78, 5) is 0. The normalized spacial score (nSPS) is 10.4. The SMILES string of the molecule is Cc1ccc(Cl)c(Nc2cc(F)c(Br)cc2N)c1. The van der Waals surface area contributed by atoms with Gasteiger partial charge in [-0.2, -0.15) is 0 Å². The first kappa shape index (κ1) is 13.2. The highest BCUT2D eigenvalue weighted by Crippen LogP contribution is 2.32. The third-order valence-electron chi connectivity index (χ3n) is 2.48. The fraction of sp³-hybridized carbons (Fsp3) is 0.0769. The predicted octanol–water partition coefficient (Wildman–Crippen LogP) is 4.88. The maximum absolute atomic E-state index is 13.5. The summed E-state index contributed by atoms with van der Waals surface area (Å²) in [5.41, 5.74) is 8.51. The van der Waals surface area contributed by atoms with Crippen molar-refractivity contribution in [3.63, 3.8) is 0 Å². The highest BCUT2D eigenvalue weighted by Gasteiger charge is 2.08. The highest BCUT2D eigenvalue weighted by molar-refractivity contribution is 9.10. The molecule has 0 bridgehead atoms. The van der Waals surface area contributed by atoms with Crippen LogP contribution in [0.4, 0.5) is 21.5 Å². The summed E-state index contributed by atoms with van der Waals surface area (Å²) in [7, 11) is 0. The van der Waals surface area contributed by atoms with Gasteiger partial charge >= 0.3 is 0 Å². The van der Waals surface area contributed by atoms with Crippen molar-refractivity contribution < 1.29 is 4.39 Å². The van der Waals surface area contributed by atoms with E-state index in [0.717, 1.165) is 5.56 Å². The Kier molecular flexibility index (Phi) is 3.78. The summed E-state index contributed by atoms with van der Waals surface area (Å²) in [6.45, 7) is 1.95. The van der Waals surface area contributed by atoms with E-state index in [-0.39, 0.29) is 5.82 Å². The van der Waals surface area contributed by atoms with Gasteiger partial charge in [0.25, 0.3) is 0 Å². The van der Waals surface area contributed by atoms with E-state index in [1.165, 1.54) is 12.1 Å². The minimum absolute atomic E-state index is 0.334. The van der Waals surface area contributed by atoms with Crippen molar-refractivity contribution in [1.29, 1.82) is 0 Å². The molecule has 0 spiro atoms.